The summed E-state index contributed by atoms with van der Waals surface area (Å²) in [7, 11) is -2.22. The van der Waals surface area contributed by atoms with E-state index < -0.39 is 14.5 Å². The van der Waals surface area contributed by atoms with Crippen LogP contribution in [0, 0.1) is 0 Å². The molecule has 0 spiro atoms. The summed E-state index contributed by atoms with van der Waals surface area (Å²) in [6, 6.07) is 0.667. The maximum Gasteiger partial charge on any atom is 0.338 e. The number of esters is 1. The van der Waals surface area contributed by atoms with Gasteiger partial charge in [0, 0.05) is 25.3 Å². The van der Waals surface area contributed by atoms with Crippen molar-refractivity contribution in [2.75, 3.05) is 19.8 Å². The molecule has 0 rings (SSSR count). The Labute approximate surface area is 118 Å². The molecule has 0 N–H and O–H groups in total. The highest BCUT2D eigenvalue weighted by atomic mass is 28.4. The topological polar surface area (TPSA) is 44.8 Å². The Morgan fingerprint density at radius 2 is 1.63 bits per heavy atom. The quantitative estimate of drug-likeness (QED) is 0.239. The van der Waals surface area contributed by atoms with Gasteiger partial charge in [0.2, 0.25) is 0 Å². The number of ether oxygens (including phenoxy) is 1. The summed E-state index contributed by atoms with van der Waals surface area (Å²) in [6.07, 6.45) is 5.45. The van der Waals surface area contributed by atoms with Gasteiger partial charge in [-0.1, -0.05) is 33.3 Å². The number of carbonyl (C=O) groups is 1. The van der Waals surface area contributed by atoms with Crippen molar-refractivity contribution in [3.8, 4) is 0 Å². The van der Waals surface area contributed by atoms with Gasteiger partial charge in [-0.3, -0.25) is 0 Å². The van der Waals surface area contributed by atoms with E-state index in [1.54, 1.807) is 0 Å². The van der Waals surface area contributed by atoms with E-state index >= 15 is 0 Å². The Morgan fingerprint density at radius 1 is 1.11 bits per heavy atom. The Morgan fingerprint density at radius 3 is 2.05 bits per heavy atom. The highest BCUT2D eigenvalue weighted by molar-refractivity contribution is 6.66. The number of carbonyl (C=O) groups excluding carboxylic acids is 1. The Hall–Kier alpha value is -0.653. The lowest BCUT2D eigenvalue weighted by Gasteiger charge is -2.27. The molecular weight excluding hydrogens is 260 g/mol. The monoisotopic (exact) mass is 288 g/mol. The van der Waals surface area contributed by atoms with Crippen molar-refractivity contribution in [3.05, 3.63) is 12.7 Å². The van der Waals surface area contributed by atoms with Gasteiger partial charge in [-0.15, -0.1) is 0 Å². The van der Waals surface area contributed by atoms with Crippen molar-refractivity contribution in [3.63, 3.8) is 0 Å². The lowest BCUT2D eigenvalue weighted by Crippen LogP contribution is -2.40. The van der Waals surface area contributed by atoms with Gasteiger partial charge >= 0.3 is 14.5 Å². The summed E-state index contributed by atoms with van der Waals surface area (Å²) < 4.78 is 16.9. The van der Waals surface area contributed by atoms with E-state index in [1.165, 1.54) is 6.08 Å². The van der Waals surface area contributed by atoms with Crippen LogP contribution >= 0.6 is 0 Å². The average Bonchev–Trinajstić information content (AvgIpc) is 2.39. The van der Waals surface area contributed by atoms with Crippen molar-refractivity contribution in [2.45, 2.75) is 52.1 Å². The van der Waals surface area contributed by atoms with Crippen molar-refractivity contribution in [2.24, 2.45) is 0 Å². The molecule has 0 saturated carbocycles. The van der Waals surface area contributed by atoms with Crippen LogP contribution in [0.3, 0.4) is 0 Å². The maximum absolute atomic E-state index is 11.0. The molecule has 0 heterocycles. The smallest absolute Gasteiger partial charge is 0.338 e. The van der Waals surface area contributed by atoms with Crippen molar-refractivity contribution in [1.29, 1.82) is 0 Å². The summed E-state index contributed by atoms with van der Waals surface area (Å²) in [4.78, 5) is 11.0. The second kappa shape index (κ2) is 11.2. The summed E-state index contributed by atoms with van der Waals surface area (Å²) in [5.74, 6) is -0.390. The number of hydrogen-bond donors (Lipinski definition) is 0. The van der Waals surface area contributed by atoms with E-state index in [1.807, 2.05) is 6.55 Å². The van der Waals surface area contributed by atoms with Crippen molar-refractivity contribution in [1.82, 2.24) is 0 Å². The van der Waals surface area contributed by atoms with Crippen molar-refractivity contribution < 1.29 is 18.4 Å². The minimum atomic E-state index is -2.22. The average molecular weight is 288 g/mol. The molecule has 0 fully saturated rings. The molecule has 0 aliphatic heterocycles. The van der Waals surface area contributed by atoms with Gasteiger partial charge in [-0.2, -0.15) is 0 Å². The second-order valence-corrected chi connectivity index (χ2v) is 8.00. The van der Waals surface area contributed by atoms with Crippen LogP contribution in [0.5, 0.6) is 0 Å². The largest absolute Gasteiger partial charge is 0.463 e. The minimum absolute atomic E-state index is 0.339. The molecule has 0 bridgehead atoms. The molecule has 0 aliphatic rings. The van der Waals surface area contributed by atoms with E-state index in [0.717, 1.165) is 38.9 Å². The first kappa shape index (κ1) is 18.3. The predicted molar refractivity (Wildman–Crippen MR) is 79.3 cm³/mol. The molecule has 0 aromatic carbocycles. The highest BCUT2D eigenvalue weighted by Gasteiger charge is 2.31. The van der Waals surface area contributed by atoms with Crippen LogP contribution in [-0.4, -0.2) is 34.4 Å². The van der Waals surface area contributed by atoms with Crippen molar-refractivity contribution >= 4 is 14.5 Å². The zero-order valence-corrected chi connectivity index (χ0v) is 13.6. The molecular formula is C14H28O4Si. The first-order valence-corrected chi connectivity index (χ1v) is 9.67. The van der Waals surface area contributed by atoms with Gasteiger partial charge in [-0.25, -0.2) is 4.79 Å². The van der Waals surface area contributed by atoms with E-state index in [4.69, 9.17) is 13.6 Å². The van der Waals surface area contributed by atoms with Crippen LogP contribution in [0.15, 0.2) is 12.7 Å². The molecule has 0 amide bonds. The van der Waals surface area contributed by atoms with Gasteiger partial charge in [0.15, 0.2) is 0 Å². The van der Waals surface area contributed by atoms with Crippen LogP contribution in [0.1, 0.15) is 39.5 Å². The molecule has 0 atom stereocenters. The fourth-order valence-corrected chi connectivity index (χ4v) is 3.44. The maximum atomic E-state index is 11.0. The first-order valence-electron chi connectivity index (χ1n) is 7.15. The third kappa shape index (κ3) is 9.87. The zero-order chi connectivity index (χ0) is 14.6. The van der Waals surface area contributed by atoms with Gasteiger partial charge in [-0.05, 0) is 19.4 Å². The molecule has 19 heavy (non-hydrogen) atoms. The zero-order valence-electron chi connectivity index (χ0n) is 12.6. The molecule has 5 heteroatoms. The van der Waals surface area contributed by atoms with Crippen LogP contribution < -0.4 is 0 Å². The summed E-state index contributed by atoms with van der Waals surface area (Å²) in [5, 5.41) is 0. The van der Waals surface area contributed by atoms with Crippen LogP contribution in [0.25, 0.3) is 0 Å². The minimum Gasteiger partial charge on any atom is -0.463 e. The number of unbranched alkanes of at least 4 members (excludes halogenated alkanes) is 2. The lowest BCUT2D eigenvalue weighted by molar-refractivity contribution is -0.137. The standard InChI is InChI=1S/C14H28O4Si/c1-5-8-10-17-19(4,18-11-9-6-2)13-12-16-14(15)7-3/h7H,3,5-6,8-13H2,1-2,4H3. The van der Waals surface area contributed by atoms with E-state index in [0.29, 0.717) is 12.7 Å². The molecule has 4 nitrogen and oxygen atoms in total. The van der Waals surface area contributed by atoms with Gasteiger partial charge in [0.25, 0.3) is 0 Å². The predicted octanol–water partition coefficient (Wildman–Crippen LogP) is 3.42. The van der Waals surface area contributed by atoms with Crippen LogP contribution in [0.4, 0.5) is 0 Å². The molecule has 0 aliphatic carbocycles. The van der Waals surface area contributed by atoms with Gasteiger partial charge in [0.1, 0.15) is 0 Å². The van der Waals surface area contributed by atoms with E-state index in [2.05, 4.69) is 20.4 Å². The molecule has 112 valence electrons. The second-order valence-electron chi connectivity index (χ2n) is 4.66. The summed E-state index contributed by atoms with van der Waals surface area (Å²) in [5.41, 5.74) is 0. The molecule has 0 radical (unpaired) electrons. The summed E-state index contributed by atoms with van der Waals surface area (Å²) >= 11 is 0. The summed E-state index contributed by atoms with van der Waals surface area (Å²) in [6.45, 7) is 11.5. The Kier molecular flexibility index (Phi) is 10.8. The third-order valence-electron chi connectivity index (χ3n) is 2.78. The van der Waals surface area contributed by atoms with Gasteiger partial charge < -0.3 is 13.6 Å². The number of hydrogen-bond acceptors (Lipinski definition) is 4. The molecule has 0 aromatic heterocycles. The molecule has 0 unspecified atom stereocenters. The fraction of sp³-hybridized carbons (Fsp3) is 0.786. The van der Waals surface area contributed by atoms with Gasteiger partial charge in [0.05, 0.1) is 6.61 Å². The lowest BCUT2D eigenvalue weighted by atomic mass is 10.4. The Balaban J connectivity index is 4.13. The molecule has 0 saturated heterocycles. The Bertz CT molecular complexity index is 246. The van der Waals surface area contributed by atoms with E-state index in [9.17, 15) is 4.79 Å². The SMILES string of the molecule is C=CC(=O)OCC[Si](C)(OCCCC)OCCCC. The van der Waals surface area contributed by atoms with E-state index in [-0.39, 0.29) is 0 Å². The fourth-order valence-electron chi connectivity index (χ4n) is 1.45. The first-order chi connectivity index (χ1) is 9.08. The van der Waals surface area contributed by atoms with Crippen LogP contribution in [0.2, 0.25) is 12.6 Å². The molecule has 0 aromatic rings. The van der Waals surface area contributed by atoms with Crippen LogP contribution in [-0.2, 0) is 18.4 Å². The number of rotatable bonds is 12. The normalized spacial score (nSPS) is 11.3. The highest BCUT2D eigenvalue weighted by Crippen LogP contribution is 2.15. The third-order valence-corrected chi connectivity index (χ3v) is 5.52.